The van der Waals surface area contributed by atoms with Crippen LogP contribution in [0, 0.1) is 23.7 Å². The smallest absolute Gasteiger partial charge is 0.326 e. The van der Waals surface area contributed by atoms with Crippen LogP contribution in [0.3, 0.4) is 0 Å². The first-order valence-electron chi connectivity index (χ1n) is 44.1. The Kier molecular flexibility index (Phi) is 54.4. The molecule has 1 rings (SSSR count). The van der Waals surface area contributed by atoms with Crippen LogP contribution in [0.2, 0.25) is 0 Å². The van der Waals surface area contributed by atoms with Crippen molar-refractivity contribution in [2.24, 2.45) is 52.3 Å². The summed E-state index contributed by atoms with van der Waals surface area (Å²) in [5.74, 6) is -32.4. The maximum atomic E-state index is 14.5. The van der Waals surface area contributed by atoms with E-state index in [0.717, 1.165) is 4.90 Å². The number of hydrogen-bond donors (Lipinski definition) is 27. The first-order valence-corrected chi connectivity index (χ1v) is 44.1. The number of carboxylic acids is 6. The fourth-order valence-electron chi connectivity index (χ4n) is 13.4. The lowest BCUT2D eigenvalue weighted by atomic mass is 9.96. The minimum absolute atomic E-state index is 0.0392. The van der Waals surface area contributed by atoms with Crippen molar-refractivity contribution in [2.45, 2.75) is 313 Å². The molecule has 0 radical (unpaired) electrons. The normalized spacial score (nSPS) is 15.8. The Hall–Kier alpha value is -13.4. The number of likely N-dealkylation sites (tertiary alicyclic amines) is 1. The molecule has 0 spiro atoms. The van der Waals surface area contributed by atoms with E-state index in [4.69, 9.17) is 28.7 Å². The third kappa shape index (κ3) is 47.2. The number of nitrogens with two attached hydrogens (primary N) is 5. The Balaban J connectivity index is 3.62. The van der Waals surface area contributed by atoms with Gasteiger partial charge in [-0.3, -0.25) is 115 Å². The zero-order valence-corrected chi connectivity index (χ0v) is 77.0. The fraction of sp³-hybridized carbons (Fsp3) is 0.695. The number of nitrogens with zero attached hydrogens (tertiary/aromatic N) is 1. The van der Waals surface area contributed by atoms with E-state index in [2.05, 4.69) is 79.8 Å². The molecule has 1 aliphatic heterocycles. The second-order valence-corrected chi connectivity index (χ2v) is 33.8. The van der Waals surface area contributed by atoms with Crippen molar-refractivity contribution < 1.29 is 156 Å². The summed E-state index contributed by atoms with van der Waals surface area (Å²) < 4.78 is 0. The molecular weight excluding hydrogens is 1790 g/mol. The summed E-state index contributed by atoms with van der Waals surface area (Å²) in [4.78, 5) is 332. The second-order valence-electron chi connectivity index (χ2n) is 33.8. The van der Waals surface area contributed by atoms with Gasteiger partial charge in [0.25, 0.3) is 0 Å². The molecule has 0 bridgehead atoms. The van der Waals surface area contributed by atoms with E-state index in [1.54, 1.807) is 27.7 Å². The predicted molar refractivity (Wildman–Crippen MR) is 469 cm³/mol. The van der Waals surface area contributed by atoms with Gasteiger partial charge in [-0.05, 0) is 133 Å². The Bertz CT molecular complexity index is 4170. The van der Waals surface area contributed by atoms with Crippen molar-refractivity contribution in [3.8, 4) is 0 Å². The monoisotopic (exact) mass is 1930 g/mol. The van der Waals surface area contributed by atoms with Gasteiger partial charge in [0.05, 0.1) is 19.2 Å². The number of aliphatic carboxylic acids is 6. The summed E-state index contributed by atoms with van der Waals surface area (Å²) in [6.07, 6.45) is -11.8. The van der Waals surface area contributed by atoms with Gasteiger partial charge in [0.1, 0.15) is 90.6 Å². The number of carbonyl (C=O) groups is 25. The van der Waals surface area contributed by atoms with Gasteiger partial charge in [0, 0.05) is 57.9 Å². The molecule has 135 heavy (non-hydrogen) atoms. The molecule has 0 aromatic rings. The summed E-state index contributed by atoms with van der Waals surface area (Å²) in [6, 6.07) is -25.2. The van der Waals surface area contributed by atoms with E-state index >= 15 is 0 Å². The number of primary amides is 3. The van der Waals surface area contributed by atoms with Crippen LogP contribution in [0.1, 0.15) is 216 Å². The van der Waals surface area contributed by atoms with Crippen LogP contribution < -0.4 is 108 Å². The minimum atomic E-state index is -1.95. The summed E-state index contributed by atoms with van der Waals surface area (Å²) in [5, 5.41) is 103. The van der Waals surface area contributed by atoms with Crippen molar-refractivity contribution >= 4 is 148 Å². The molecule has 0 aliphatic carbocycles. The molecule has 53 heteroatoms. The van der Waals surface area contributed by atoms with E-state index in [9.17, 15) is 156 Å². The number of hydrogen-bond acceptors (Lipinski definition) is 28. The fourth-order valence-corrected chi connectivity index (χ4v) is 13.4. The number of amides is 19. The summed E-state index contributed by atoms with van der Waals surface area (Å²) >= 11 is 0. The lowest BCUT2D eigenvalue weighted by Gasteiger charge is -2.29. The lowest BCUT2D eigenvalue weighted by molar-refractivity contribution is -0.143. The van der Waals surface area contributed by atoms with E-state index in [0.29, 0.717) is 0 Å². The van der Waals surface area contributed by atoms with Gasteiger partial charge >= 0.3 is 35.8 Å². The second kappa shape index (κ2) is 61.4. The summed E-state index contributed by atoms with van der Waals surface area (Å²) in [6.45, 7) is 11.6. The highest BCUT2D eigenvalue weighted by molar-refractivity contribution is 6.02. The van der Waals surface area contributed by atoms with Crippen LogP contribution >= 0.6 is 0 Å². The van der Waals surface area contributed by atoms with Crippen molar-refractivity contribution in [1.82, 2.24) is 84.7 Å². The van der Waals surface area contributed by atoms with E-state index in [1.807, 2.05) is 0 Å². The Morgan fingerprint density at radius 3 is 1.01 bits per heavy atom. The van der Waals surface area contributed by atoms with E-state index < -0.39 is 378 Å². The number of aliphatic hydroxyl groups is 1. The molecule has 0 aromatic carbocycles. The standard InChI is InChI=1S/C82H135N21O32/c1-10-41(8)67(80(132)97-48(21-29-62(114)115)71(123)94-45(16-24-55(84)105)69(121)92-43(14-11-12-32-83)68(120)93-46(17-25-56(85)106)72(124)100-53(35-39(4)5)76(128)99-51(82(134)135)18-26-57(86)107)102-73(125)44(19-27-60(110)111)90-58(108)37-89-79(131)66(40(6)7)101-74(126)49(22-30-63(116)117)95-70(122)47(20-28-61(112)113)96-75(127)52(34-38(2)3)91-59(109)36-88-77(129)54-15-13-33-103(54)81(133)50(23-31-64(118)119)98-78(130)65(87)42(9)104/h38-54,65-67,104H,10-37,83,87H2,1-9H3,(H2,84,105)(H2,85,106)(H2,86,107)(H,88,129)(H,89,131)(H,90,108)(H,91,109)(H,92,121)(H,93,120)(H,94,123)(H,95,122)(H,96,127)(H,97,132)(H,98,130)(H,99,128)(H,100,124)(H,101,126)(H,102,125)(H,110,111)(H,112,113)(H,114,115)(H,116,117)(H,118,119)(H,134,135)/t41-,42+,43-,44-,45-,46-,47-,48-,49-,50-,51-,52-,53-,54-,65-,66-,67-/m0/s1. The Labute approximate surface area is 777 Å². The number of carbonyl (C=O) groups excluding carboxylic acids is 19. The van der Waals surface area contributed by atoms with Crippen molar-refractivity contribution in [3.63, 3.8) is 0 Å². The molecule has 19 amide bonds. The third-order valence-corrected chi connectivity index (χ3v) is 21.1. The SMILES string of the molecule is CC[C@H](C)[C@H](NC(=O)[C@H](CCC(=O)O)NC(=O)CNC(=O)[C@@H](NC(=O)[C@H](CCC(=O)O)NC(=O)[C@H](CCC(=O)O)NC(=O)[C@H](CC(C)C)NC(=O)CNC(=O)[C@@H]1CCCN1C(=O)[C@H](CCC(=O)O)NC(=O)[C@@H](N)[C@@H](C)O)C(C)C)C(=O)N[C@@H](CCC(=O)O)C(=O)N[C@@H](CCC(N)=O)C(=O)N[C@@H](CCCCN)C(=O)N[C@@H](CCC(N)=O)C(=O)N[C@@H](CC(C)C)C(=O)N[C@@H](CCC(N)=O)C(=O)O. The lowest BCUT2D eigenvalue weighted by Crippen LogP contribution is -2.61. The first kappa shape index (κ1) is 120. The van der Waals surface area contributed by atoms with Crippen LogP contribution in [0.15, 0.2) is 0 Å². The molecule has 1 saturated heterocycles. The highest BCUT2D eigenvalue weighted by Gasteiger charge is 2.42. The molecule has 0 unspecified atom stereocenters. The van der Waals surface area contributed by atoms with Crippen molar-refractivity contribution in [1.29, 1.82) is 0 Å². The number of nitrogens with one attached hydrogen (secondary N) is 15. The maximum absolute atomic E-state index is 14.5. The molecule has 53 nitrogen and oxygen atoms in total. The molecule has 17 atom stereocenters. The Morgan fingerprint density at radius 1 is 0.348 bits per heavy atom. The summed E-state index contributed by atoms with van der Waals surface area (Å²) in [5.41, 5.74) is 27.5. The van der Waals surface area contributed by atoms with Gasteiger partial charge in [-0.25, -0.2) is 4.79 Å². The quantitative estimate of drug-likeness (QED) is 0.0252. The van der Waals surface area contributed by atoms with Gasteiger partial charge < -0.3 is 149 Å². The van der Waals surface area contributed by atoms with Crippen LogP contribution in [0.4, 0.5) is 0 Å². The number of carboxylic acid groups (broad SMARTS) is 6. The predicted octanol–water partition coefficient (Wildman–Crippen LogP) is -8.65. The van der Waals surface area contributed by atoms with Gasteiger partial charge in [-0.1, -0.05) is 61.8 Å². The van der Waals surface area contributed by atoms with Crippen molar-refractivity contribution in [3.05, 3.63) is 0 Å². The molecule has 0 saturated carbocycles. The van der Waals surface area contributed by atoms with Gasteiger partial charge in [-0.2, -0.15) is 0 Å². The average molecular weight is 1930 g/mol. The molecule has 760 valence electrons. The van der Waals surface area contributed by atoms with Gasteiger partial charge in [0.2, 0.25) is 112 Å². The molecule has 0 aromatic heterocycles. The zero-order valence-electron chi connectivity index (χ0n) is 77.0. The van der Waals surface area contributed by atoms with Crippen molar-refractivity contribution in [2.75, 3.05) is 26.2 Å². The highest BCUT2D eigenvalue weighted by Crippen LogP contribution is 2.22. The number of aliphatic hydroxyl groups excluding tert-OH is 1. The van der Waals surface area contributed by atoms with Gasteiger partial charge in [-0.15, -0.1) is 0 Å². The Morgan fingerprint density at radius 2 is 0.652 bits per heavy atom. The minimum Gasteiger partial charge on any atom is -0.481 e. The third-order valence-electron chi connectivity index (χ3n) is 21.1. The zero-order chi connectivity index (χ0) is 103. The molecule has 1 heterocycles. The van der Waals surface area contributed by atoms with Crippen LogP contribution in [0.25, 0.3) is 0 Å². The molecular formula is C82H135N21O32. The largest absolute Gasteiger partial charge is 0.481 e. The van der Waals surface area contributed by atoms with Crippen LogP contribution in [-0.4, -0.2) is 312 Å². The number of rotatable bonds is 68. The maximum Gasteiger partial charge on any atom is 0.326 e. The average Bonchev–Trinajstić information content (AvgIpc) is 1.70. The van der Waals surface area contributed by atoms with Crippen LogP contribution in [0.5, 0.6) is 0 Å². The molecule has 1 aliphatic rings. The number of unbranched alkanes of at least 4 members (excludes halogenated alkanes) is 1. The summed E-state index contributed by atoms with van der Waals surface area (Å²) in [7, 11) is 0. The van der Waals surface area contributed by atoms with E-state index in [-0.39, 0.29) is 70.4 Å². The molecule has 1 fully saturated rings. The highest BCUT2D eigenvalue weighted by atomic mass is 16.4. The van der Waals surface area contributed by atoms with Gasteiger partial charge in [0.15, 0.2) is 0 Å². The molecule has 32 N–H and O–H groups in total. The first-order chi connectivity index (χ1) is 63.0. The topological polar surface area (TPSA) is 882 Å². The van der Waals surface area contributed by atoms with Crippen LogP contribution in [-0.2, 0) is 120 Å². The van der Waals surface area contributed by atoms with E-state index in [1.165, 1.54) is 34.6 Å².